The molecule has 3 heteroatoms. The van der Waals surface area contributed by atoms with E-state index in [4.69, 9.17) is 5.73 Å². The van der Waals surface area contributed by atoms with Crippen LogP contribution in [0.1, 0.15) is 19.4 Å². The van der Waals surface area contributed by atoms with Crippen molar-refractivity contribution in [2.45, 2.75) is 30.5 Å². The number of hydrogen-bond acceptors (Lipinski definition) is 2. The Morgan fingerprint density at radius 3 is 2.62 bits per heavy atom. The fourth-order valence-electron chi connectivity index (χ4n) is 1.08. The van der Waals surface area contributed by atoms with E-state index in [2.05, 4.69) is 13.8 Å². The van der Waals surface area contributed by atoms with E-state index < -0.39 is 0 Å². The summed E-state index contributed by atoms with van der Waals surface area (Å²) in [5.41, 5.74) is 6.29. The molecule has 0 bridgehead atoms. The van der Waals surface area contributed by atoms with Crippen molar-refractivity contribution in [3.8, 4) is 0 Å². The standard InChI is InChI=1S/C10H14FNS/c1-7(2)13-10-4-8(6-12)3-9(11)5-10/h3-5,7H,6,12H2,1-2H3. The summed E-state index contributed by atoms with van der Waals surface area (Å²) in [5, 5.41) is 0.465. The lowest BCUT2D eigenvalue weighted by Crippen LogP contribution is -1.97. The monoisotopic (exact) mass is 199 g/mol. The Balaban J connectivity index is 2.88. The molecule has 0 aromatic heterocycles. The second-order valence-electron chi connectivity index (χ2n) is 3.17. The van der Waals surface area contributed by atoms with E-state index in [1.165, 1.54) is 6.07 Å². The number of nitrogens with two attached hydrogens (primary N) is 1. The van der Waals surface area contributed by atoms with Gasteiger partial charge in [-0.3, -0.25) is 0 Å². The largest absolute Gasteiger partial charge is 0.326 e. The highest BCUT2D eigenvalue weighted by atomic mass is 32.2. The Morgan fingerprint density at radius 1 is 1.38 bits per heavy atom. The van der Waals surface area contributed by atoms with Gasteiger partial charge in [0.15, 0.2) is 0 Å². The Hall–Kier alpha value is -0.540. The first kappa shape index (κ1) is 10.5. The summed E-state index contributed by atoms with van der Waals surface area (Å²) in [6, 6.07) is 4.96. The smallest absolute Gasteiger partial charge is 0.124 e. The lowest BCUT2D eigenvalue weighted by atomic mass is 10.2. The third kappa shape index (κ3) is 3.36. The molecule has 13 heavy (non-hydrogen) atoms. The molecule has 1 aromatic carbocycles. The Morgan fingerprint density at radius 2 is 2.08 bits per heavy atom. The minimum absolute atomic E-state index is 0.203. The molecule has 0 saturated carbocycles. The van der Waals surface area contributed by atoms with Crippen molar-refractivity contribution in [2.75, 3.05) is 0 Å². The molecule has 0 radical (unpaired) electrons. The predicted molar refractivity (Wildman–Crippen MR) is 55.3 cm³/mol. The van der Waals surface area contributed by atoms with E-state index in [0.29, 0.717) is 11.8 Å². The fourth-order valence-corrected chi connectivity index (χ4v) is 2.02. The second-order valence-corrected chi connectivity index (χ2v) is 4.82. The molecule has 0 heterocycles. The molecule has 1 rings (SSSR count). The maximum absolute atomic E-state index is 13.0. The maximum Gasteiger partial charge on any atom is 0.124 e. The third-order valence-corrected chi connectivity index (χ3v) is 2.52. The highest BCUT2D eigenvalue weighted by molar-refractivity contribution is 7.99. The molecular formula is C10H14FNS. The molecule has 1 aromatic rings. The van der Waals surface area contributed by atoms with Crippen LogP contribution in [0.3, 0.4) is 0 Å². The van der Waals surface area contributed by atoms with Gasteiger partial charge in [-0.2, -0.15) is 0 Å². The van der Waals surface area contributed by atoms with Gasteiger partial charge in [0.1, 0.15) is 5.82 Å². The van der Waals surface area contributed by atoms with Crippen molar-refractivity contribution in [2.24, 2.45) is 5.73 Å². The van der Waals surface area contributed by atoms with E-state index >= 15 is 0 Å². The number of benzene rings is 1. The molecule has 2 N–H and O–H groups in total. The van der Waals surface area contributed by atoms with E-state index in [1.54, 1.807) is 17.8 Å². The van der Waals surface area contributed by atoms with Crippen LogP contribution >= 0.6 is 11.8 Å². The Labute approximate surface area is 82.5 Å². The van der Waals surface area contributed by atoms with Crippen LogP contribution in [0.5, 0.6) is 0 Å². The predicted octanol–water partition coefficient (Wildman–Crippen LogP) is 2.78. The van der Waals surface area contributed by atoms with E-state index in [0.717, 1.165) is 10.5 Å². The van der Waals surface area contributed by atoms with E-state index in [1.807, 2.05) is 6.07 Å². The summed E-state index contributed by atoms with van der Waals surface area (Å²) in [7, 11) is 0. The van der Waals surface area contributed by atoms with Gasteiger partial charge in [0.25, 0.3) is 0 Å². The molecule has 0 atom stereocenters. The third-order valence-electron chi connectivity index (χ3n) is 1.54. The highest BCUT2D eigenvalue weighted by Crippen LogP contribution is 2.24. The summed E-state index contributed by atoms with van der Waals surface area (Å²) in [4.78, 5) is 0.954. The highest BCUT2D eigenvalue weighted by Gasteiger charge is 2.02. The van der Waals surface area contributed by atoms with Crippen molar-refractivity contribution < 1.29 is 4.39 Å². The van der Waals surface area contributed by atoms with Crippen LogP contribution < -0.4 is 5.73 Å². The summed E-state index contributed by atoms with van der Waals surface area (Å²) < 4.78 is 13.0. The average molecular weight is 199 g/mol. The van der Waals surface area contributed by atoms with Crippen molar-refractivity contribution in [3.63, 3.8) is 0 Å². The second kappa shape index (κ2) is 4.63. The molecule has 0 unspecified atom stereocenters. The zero-order valence-electron chi connectivity index (χ0n) is 7.88. The molecule has 1 nitrogen and oxygen atoms in total. The first-order valence-electron chi connectivity index (χ1n) is 4.28. The van der Waals surface area contributed by atoms with Gasteiger partial charge < -0.3 is 5.73 Å². The quantitative estimate of drug-likeness (QED) is 0.757. The molecule has 0 fully saturated rings. The maximum atomic E-state index is 13.0. The minimum Gasteiger partial charge on any atom is -0.326 e. The topological polar surface area (TPSA) is 26.0 Å². The van der Waals surface area contributed by atoms with E-state index in [-0.39, 0.29) is 5.82 Å². The zero-order chi connectivity index (χ0) is 9.84. The molecule has 0 aliphatic carbocycles. The Bertz CT molecular complexity index is 286. The zero-order valence-corrected chi connectivity index (χ0v) is 8.70. The lowest BCUT2D eigenvalue weighted by molar-refractivity contribution is 0.621. The molecule has 0 aliphatic heterocycles. The summed E-state index contributed by atoms with van der Waals surface area (Å²) in [5.74, 6) is -0.203. The van der Waals surface area contributed by atoms with Crippen molar-refractivity contribution in [3.05, 3.63) is 29.6 Å². The lowest BCUT2D eigenvalue weighted by Gasteiger charge is -2.06. The van der Waals surface area contributed by atoms with Crippen LogP contribution in [0.15, 0.2) is 23.1 Å². The summed E-state index contributed by atoms with van der Waals surface area (Å²) >= 11 is 1.65. The normalized spacial score (nSPS) is 10.8. The van der Waals surface area contributed by atoms with Gasteiger partial charge in [-0.15, -0.1) is 11.8 Å². The first-order chi connectivity index (χ1) is 6.11. The molecule has 72 valence electrons. The van der Waals surface area contributed by atoms with Gasteiger partial charge in [0.2, 0.25) is 0 Å². The van der Waals surface area contributed by atoms with Crippen LogP contribution in [0.4, 0.5) is 4.39 Å². The van der Waals surface area contributed by atoms with Crippen LogP contribution in [-0.4, -0.2) is 5.25 Å². The van der Waals surface area contributed by atoms with Gasteiger partial charge in [-0.25, -0.2) is 4.39 Å². The van der Waals surface area contributed by atoms with Crippen molar-refractivity contribution >= 4 is 11.8 Å². The molecular weight excluding hydrogens is 185 g/mol. The number of hydrogen-bond donors (Lipinski definition) is 1. The summed E-state index contributed by atoms with van der Waals surface area (Å²) in [6.45, 7) is 4.55. The van der Waals surface area contributed by atoms with Crippen LogP contribution in [-0.2, 0) is 6.54 Å². The first-order valence-corrected chi connectivity index (χ1v) is 5.16. The van der Waals surface area contributed by atoms with Crippen LogP contribution in [0.25, 0.3) is 0 Å². The molecule has 0 amide bonds. The van der Waals surface area contributed by atoms with Crippen molar-refractivity contribution in [1.82, 2.24) is 0 Å². The van der Waals surface area contributed by atoms with Crippen LogP contribution in [0.2, 0.25) is 0 Å². The minimum atomic E-state index is -0.203. The van der Waals surface area contributed by atoms with Crippen molar-refractivity contribution in [1.29, 1.82) is 0 Å². The van der Waals surface area contributed by atoms with Gasteiger partial charge in [0.05, 0.1) is 0 Å². The number of rotatable bonds is 3. The van der Waals surface area contributed by atoms with Crippen LogP contribution in [0, 0.1) is 5.82 Å². The average Bonchev–Trinajstić information content (AvgIpc) is 2.01. The molecule has 0 aliphatic rings. The number of thioether (sulfide) groups is 1. The SMILES string of the molecule is CC(C)Sc1cc(F)cc(CN)c1. The summed E-state index contributed by atoms with van der Waals surface area (Å²) in [6.07, 6.45) is 0. The molecule has 0 saturated heterocycles. The van der Waals surface area contributed by atoms with E-state index in [9.17, 15) is 4.39 Å². The van der Waals surface area contributed by atoms with Gasteiger partial charge >= 0.3 is 0 Å². The Kier molecular flexibility index (Phi) is 3.75. The van der Waals surface area contributed by atoms with Gasteiger partial charge in [0, 0.05) is 16.7 Å². The fraction of sp³-hybridized carbons (Fsp3) is 0.400. The van der Waals surface area contributed by atoms with Gasteiger partial charge in [-0.1, -0.05) is 13.8 Å². The molecule has 0 spiro atoms. The van der Waals surface area contributed by atoms with Gasteiger partial charge in [-0.05, 0) is 23.8 Å². The number of halogens is 1.